The molecule has 0 saturated carbocycles. The van der Waals surface area contributed by atoms with Gasteiger partial charge in [0.2, 0.25) is 5.91 Å². The summed E-state index contributed by atoms with van der Waals surface area (Å²) in [6.07, 6.45) is -2.88. The number of esters is 1. The van der Waals surface area contributed by atoms with Crippen molar-refractivity contribution in [3.63, 3.8) is 0 Å². The smallest absolute Gasteiger partial charge is 0.421 e. The molecule has 0 aliphatic heterocycles. The monoisotopic (exact) mass is 348 g/mol. The first-order valence-electron chi connectivity index (χ1n) is 7.21. The molecule has 0 fully saturated rings. The zero-order valence-electron chi connectivity index (χ0n) is 13.6. The zero-order chi connectivity index (χ0) is 18.5. The summed E-state index contributed by atoms with van der Waals surface area (Å²) >= 11 is 0. The Labute approximate surface area is 136 Å². The van der Waals surface area contributed by atoms with Crippen LogP contribution in [0, 0.1) is 0 Å². The number of nitrogens with zero attached hydrogens (tertiary/aromatic N) is 1. The van der Waals surface area contributed by atoms with E-state index in [9.17, 15) is 27.6 Å². The van der Waals surface area contributed by atoms with Crippen LogP contribution in [-0.4, -0.2) is 29.1 Å². The predicted molar refractivity (Wildman–Crippen MR) is 79.2 cm³/mol. The zero-order valence-corrected chi connectivity index (χ0v) is 13.6. The van der Waals surface area contributed by atoms with E-state index < -0.39 is 41.3 Å². The minimum atomic E-state index is -4.81. The second kappa shape index (κ2) is 7.50. The maximum Gasteiger partial charge on any atom is 0.421 e. The molecule has 1 N–H and O–H groups in total. The fourth-order valence-electron chi connectivity index (χ4n) is 2.32. The average molecular weight is 348 g/mol. The highest BCUT2D eigenvalue weighted by Crippen LogP contribution is 2.26. The van der Waals surface area contributed by atoms with Crippen molar-refractivity contribution in [2.24, 2.45) is 0 Å². The molecule has 1 aromatic heterocycles. The van der Waals surface area contributed by atoms with Gasteiger partial charge in [-0.15, -0.1) is 0 Å². The Bertz CT molecular complexity index is 669. The van der Waals surface area contributed by atoms with Crippen LogP contribution in [0.5, 0.6) is 0 Å². The van der Waals surface area contributed by atoms with Crippen molar-refractivity contribution in [1.82, 2.24) is 9.88 Å². The summed E-state index contributed by atoms with van der Waals surface area (Å²) < 4.78 is 43.4. The summed E-state index contributed by atoms with van der Waals surface area (Å²) in [4.78, 5) is 35.7. The Morgan fingerprint density at radius 1 is 1.33 bits per heavy atom. The van der Waals surface area contributed by atoms with Crippen molar-refractivity contribution in [2.45, 2.75) is 44.9 Å². The molecule has 0 aromatic carbocycles. The van der Waals surface area contributed by atoms with Gasteiger partial charge in [0.15, 0.2) is 0 Å². The SMILES string of the molecule is CCCC(C)(NC(=O)Cn1cccc(C(F)(F)F)c1=O)C(=O)OC. The number of pyridine rings is 1. The normalized spacial score (nSPS) is 13.9. The largest absolute Gasteiger partial charge is 0.467 e. The molecule has 0 spiro atoms. The molecule has 0 saturated heterocycles. The Kier molecular flexibility index (Phi) is 6.16. The molecule has 1 unspecified atom stereocenters. The van der Waals surface area contributed by atoms with E-state index >= 15 is 0 Å². The van der Waals surface area contributed by atoms with Gasteiger partial charge in [-0.05, 0) is 25.5 Å². The van der Waals surface area contributed by atoms with Gasteiger partial charge in [-0.1, -0.05) is 13.3 Å². The lowest BCUT2D eigenvalue weighted by molar-refractivity contribution is -0.150. The van der Waals surface area contributed by atoms with Crippen molar-refractivity contribution < 1.29 is 27.5 Å². The third kappa shape index (κ3) is 4.59. The third-order valence-electron chi connectivity index (χ3n) is 3.44. The molecule has 0 aliphatic carbocycles. The van der Waals surface area contributed by atoms with Crippen molar-refractivity contribution in [1.29, 1.82) is 0 Å². The van der Waals surface area contributed by atoms with Gasteiger partial charge >= 0.3 is 12.1 Å². The van der Waals surface area contributed by atoms with Gasteiger partial charge in [0.25, 0.3) is 5.56 Å². The minimum absolute atomic E-state index is 0.281. The van der Waals surface area contributed by atoms with Crippen LogP contribution in [0.3, 0.4) is 0 Å². The first-order valence-corrected chi connectivity index (χ1v) is 7.21. The number of methoxy groups -OCH3 is 1. The molecular formula is C15H19F3N2O4. The van der Waals surface area contributed by atoms with Crippen LogP contribution >= 0.6 is 0 Å². The highest BCUT2D eigenvalue weighted by Gasteiger charge is 2.36. The Hall–Kier alpha value is -2.32. The highest BCUT2D eigenvalue weighted by molar-refractivity contribution is 5.87. The second-order valence-corrected chi connectivity index (χ2v) is 5.47. The van der Waals surface area contributed by atoms with E-state index in [1.807, 2.05) is 0 Å². The summed E-state index contributed by atoms with van der Waals surface area (Å²) in [6.45, 7) is 2.61. The first kappa shape index (κ1) is 19.7. The standard InChI is InChI=1S/C15H19F3N2O4/c1-4-7-14(2,13(23)24-3)19-11(21)9-20-8-5-6-10(12(20)22)15(16,17)18/h5-6,8H,4,7,9H2,1-3H3,(H,19,21). The van der Waals surface area contributed by atoms with Crippen LogP contribution in [0.15, 0.2) is 23.1 Å². The molecule has 9 heteroatoms. The summed E-state index contributed by atoms with van der Waals surface area (Å²) in [5.41, 5.74) is -4.00. The van der Waals surface area contributed by atoms with Gasteiger partial charge in [0.05, 0.1) is 7.11 Å². The molecule has 6 nitrogen and oxygen atoms in total. The number of alkyl halides is 3. The molecule has 1 aromatic rings. The van der Waals surface area contributed by atoms with Gasteiger partial charge < -0.3 is 14.6 Å². The number of hydrogen-bond donors (Lipinski definition) is 1. The van der Waals surface area contributed by atoms with Gasteiger partial charge in [0, 0.05) is 6.20 Å². The van der Waals surface area contributed by atoms with Crippen molar-refractivity contribution in [2.75, 3.05) is 7.11 Å². The molecule has 0 aliphatic rings. The van der Waals surface area contributed by atoms with Crippen molar-refractivity contribution in [3.05, 3.63) is 34.2 Å². The predicted octanol–water partition coefficient (Wildman–Crippen LogP) is 1.72. The van der Waals surface area contributed by atoms with Gasteiger partial charge in [-0.3, -0.25) is 9.59 Å². The van der Waals surface area contributed by atoms with E-state index in [2.05, 4.69) is 10.1 Å². The second-order valence-electron chi connectivity index (χ2n) is 5.47. The number of nitrogens with one attached hydrogen (secondary N) is 1. The number of aromatic nitrogens is 1. The Morgan fingerprint density at radius 3 is 2.46 bits per heavy atom. The number of halogens is 3. The van der Waals surface area contributed by atoms with Crippen molar-refractivity contribution in [3.8, 4) is 0 Å². The van der Waals surface area contributed by atoms with Crippen molar-refractivity contribution >= 4 is 11.9 Å². The summed E-state index contributed by atoms with van der Waals surface area (Å²) in [5, 5.41) is 2.42. The molecule has 0 radical (unpaired) electrons. The number of carbonyl (C=O) groups excluding carboxylic acids is 2. The van der Waals surface area contributed by atoms with Gasteiger partial charge in [0.1, 0.15) is 17.6 Å². The van der Waals surface area contributed by atoms with Crippen LogP contribution in [0.25, 0.3) is 0 Å². The maximum absolute atomic E-state index is 12.7. The van der Waals surface area contributed by atoms with E-state index in [1.54, 1.807) is 6.92 Å². The van der Waals surface area contributed by atoms with Gasteiger partial charge in [-0.2, -0.15) is 13.2 Å². The van der Waals surface area contributed by atoms with E-state index in [1.165, 1.54) is 14.0 Å². The Morgan fingerprint density at radius 2 is 1.96 bits per heavy atom. The molecule has 0 bridgehead atoms. The van der Waals surface area contributed by atoms with E-state index in [-0.39, 0.29) is 6.42 Å². The number of hydrogen-bond acceptors (Lipinski definition) is 4. The number of amides is 1. The van der Waals surface area contributed by atoms with Crippen LogP contribution < -0.4 is 10.9 Å². The summed E-state index contributed by atoms with van der Waals surface area (Å²) in [7, 11) is 1.17. The lowest BCUT2D eigenvalue weighted by atomic mass is 9.96. The quantitative estimate of drug-likeness (QED) is 0.794. The summed E-state index contributed by atoms with van der Waals surface area (Å²) in [5.74, 6) is -1.44. The minimum Gasteiger partial charge on any atom is -0.467 e. The molecule has 1 rings (SSSR count). The number of ether oxygens (including phenoxy) is 1. The lowest BCUT2D eigenvalue weighted by Crippen LogP contribution is -2.54. The van der Waals surface area contributed by atoms with Crippen LogP contribution in [0.4, 0.5) is 13.2 Å². The molecular weight excluding hydrogens is 329 g/mol. The topological polar surface area (TPSA) is 77.4 Å². The average Bonchev–Trinajstić information content (AvgIpc) is 2.47. The fraction of sp³-hybridized carbons (Fsp3) is 0.533. The van der Waals surface area contributed by atoms with E-state index in [0.717, 1.165) is 12.3 Å². The number of rotatable bonds is 6. The first-order chi connectivity index (χ1) is 11.0. The molecule has 134 valence electrons. The fourth-order valence-corrected chi connectivity index (χ4v) is 2.32. The van der Waals surface area contributed by atoms with E-state index in [4.69, 9.17) is 0 Å². The van der Waals surface area contributed by atoms with Crippen LogP contribution in [0.2, 0.25) is 0 Å². The number of carbonyl (C=O) groups is 2. The van der Waals surface area contributed by atoms with Crippen LogP contribution in [-0.2, 0) is 27.0 Å². The highest BCUT2D eigenvalue weighted by atomic mass is 19.4. The molecule has 1 amide bonds. The molecule has 1 heterocycles. The third-order valence-corrected chi connectivity index (χ3v) is 3.44. The van der Waals surface area contributed by atoms with Crippen LogP contribution in [0.1, 0.15) is 32.3 Å². The van der Waals surface area contributed by atoms with E-state index in [0.29, 0.717) is 17.1 Å². The molecule has 24 heavy (non-hydrogen) atoms. The Balaban J connectivity index is 3.00. The summed E-state index contributed by atoms with van der Waals surface area (Å²) in [6, 6.07) is 1.68. The lowest BCUT2D eigenvalue weighted by Gasteiger charge is -2.27. The molecule has 1 atom stereocenters. The van der Waals surface area contributed by atoms with Gasteiger partial charge in [-0.25, -0.2) is 4.79 Å². The maximum atomic E-state index is 12.7.